The van der Waals surface area contributed by atoms with Crippen molar-refractivity contribution in [2.24, 2.45) is 5.92 Å². The summed E-state index contributed by atoms with van der Waals surface area (Å²) < 4.78 is 5.88. The molecule has 5 N–H and O–H groups in total. The van der Waals surface area contributed by atoms with Crippen molar-refractivity contribution >= 4 is 17.6 Å². The number of carboxylic acid groups (broad SMARTS) is 1. The molecule has 0 spiro atoms. The molecule has 1 aliphatic heterocycles. The standard InChI is InChI=1S/C20H18N2O5/c1-9-7-11(9)10-5-6-12-15(8-10)27-20(26)13-3-2-4-14(21)16(13)17(23)19(12,20)22-18(24)25/h2-6,8-9,11,22,26H,7,21H2,1H3,(H,24,25)/t9-,11-,19-,20-/m1/s1. The number of nitrogen functional groups attached to an aromatic ring is 1. The van der Waals surface area contributed by atoms with Crippen molar-refractivity contribution in [3.8, 4) is 5.75 Å². The zero-order valence-corrected chi connectivity index (χ0v) is 14.5. The first-order chi connectivity index (χ1) is 12.8. The van der Waals surface area contributed by atoms with E-state index in [-0.39, 0.29) is 16.8 Å². The summed E-state index contributed by atoms with van der Waals surface area (Å²) in [7, 11) is 0. The van der Waals surface area contributed by atoms with E-state index in [4.69, 9.17) is 10.5 Å². The van der Waals surface area contributed by atoms with E-state index in [1.54, 1.807) is 18.2 Å². The molecular weight excluding hydrogens is 348 g/mol. The number of carbonyl (C=O) groups is 2. The van der Waals surface area contributed by atoms with E-state index < -0.39 is 23.2 Å². The number of ketones is 1. The van der Waals surface area contributed by atoms with Gasteiger partial charge in [-0.25, -0.2) is 4.79 Å². The highest BCUT2D eigenvalue weighted by molar-refractivity contribution is 6.14. The van der Waals surface area contributed by atoms with Crippen LogP contribution in [0.3, 0.4) is 0 Å². The van der Waals surface area contributed by atoms with Crippen molar-refractivity contribution in [3.63, 3.8) is 0 Å². The smallest absolute Gasteiger partial charge is 0.405 e. The van der Waals surface area contributed by atoms with Gasteiger partial charge in [0, 0.05) is 16.8 Å². The second kappa shape index (κ2) is 4.80. The quantitative estimate of drug-likeness (QED) is 0.605. The number of Topliss-reactive ketones (excluding diaryl/α,β-unsaturated/α-hetero) is 1. The molecule has 2 aromatic rings. The lowest BCUT2D eigenvalue weighted by Gasteiger charge is -2.33. The van der Waals surface area contributed by atoms with Crippen molar-refractivity contribution < 1.29 is 24.5 Å². The monoisotopic (exact) mass is 366 g/mol. The van der Waals surface area contributed by atoms with Gasteiger partial charge in [-0.3, -0.25) is 10.1 Å². The number of nitrogens with one attached hydrogen (secondary N) is 1. The third-order valence-corrected chi connectivity index (χ3v) is 6.04. The summed E-state index contributed by atoms with van der Waals surface area (Å²) in [5, 5.41) is 23.2. The van der Waals surface area contributed by atoms with Crippen LogP contribution >= 0.6 is 0 Å². The number of hydrogen-bond donors (Lipinski definition) is 4. The molecule has 5 rings (SSSR count). The van der Waals surface area contributed by atoms with Gasteiger partial charge in [0.25, 0.3) is 5.79 Å². The van der Waals surface area contributed by atoms with E-state index in [1.807, 2.05) is 6.07 Å². The number of aliphatic hydroxyl groups is 1. The van der Waals surface area contributed by atoms with Crippen molar-refractivity contribution in [3.05, 3.63) is 58.7 Å². The largest absolute Gasteiger partial charge is 0.465 e. The number of carbonyl (C=O) groups excluding carboxylic acids is 1. The third-order valence-electron chi connectivity index (χ3n) is 6.04. The van der Waals surface area contributed by atoms with Crippen LogP contribution in [-0.2, 0) is 11.3 Å². The van der Waals surface area contributed by atoms with Gasteiger partial charge in [-0.2, -0.15) is 0 Å². The summed E-state index contributed by atoms with van der Waals surface area (Å²) in [5.74, 6) is -1.52. The minimum Gasteiger partial charge on any atom is -0.465 e. The van der Waals surface area contributed by atoms with Crippen LogP contribution in [0.4, 0.5) is 10.5 Å². The summed E-state index contributed by atoms with van der Waals surface area (Å²) in [5.41, 5.74) is 5.74. The molecule has 0 unspecified atom stereocenters. The van der Waals surface area contributed by atoms with Gasteiger partial charge < -0.3 is 20.7 Å². The van der Waals surface area contributed by atoms with E-state index in [9.17, 15) is 19.8 Å². The van der Waals surface area contributed by atoms with Gasteiger partial charge in [-0.1, -0.05) is 31.2 Å². The minimum absolute atomic E-state index is 0.0827. The summed E-state index contributed by atoms with van der Waals surface area (Å²) in [6, 6.07) is 10.00. The average molecular weight is 366 g/mol. The maximum absolute atomic E-state index is 13.4. The van der Waals surface area contributed by atoms with Crippen molar-refractivity contribution in [2.75, 3.05) is 5.73 Å². The molecule has 0 saturated heterocycles. The van der Waals surface area contributed by atoms with Crippen LogP contribution in [-0.4, -0.2) is 22.1 Å². The second-order valence-corrected chi connectivity index (χ2v) is 7.60. The first kappa shape index (κ1) is 16.1. The summed E-state index contributed by atoms with van der Waals surface area (Å²) in [4.78, 5) is 25.0. The van der Waals surface area contributed by atoms with E-state index in [0.717, 1.165) is 12.0 Å². The minimum atomic E-state index is -2.19. The number of ether oxygens (including phenoxy) is 1. The number of hydrogen-bond acceptors (Lipinski definition) is 5. The van der Waals surface area contributed by atoms with Crippen LogP contribution in [0.15, 0.2) is 36.4 Å². The fourth-order valence-electron chi connectivity index (χ4n) is 4.56. The van der Waals surface area contributed by atoms with Crippen LogP contribution in [0, 0.1) is 5.92 Å². The molecule has 4 atom stereocenters. The van der Waals surface area contributed by atoms with Gasteiger partial charge in [0.2, 0.25) is 11.3 Å². The summed E-state index contributed by atoms with van der Waals surface area (Å²) in [6.07, 6.45) is -0.371. The molecule has 0 aromatic heterocycles. The van der Waals surface area contributed by atoms with E-state index >= 15 is 0 Å². The number of benzene rings is 2. The first-order valence-corrected chi connectivity index (χ1v) is 8.80. The number of rotatable bonds is 2. The Balaban J connectivity index is 1.75. The number of amides is 1. The molecule has 3 aliphatic rings. The molecule has 1 saturated carbocycles. The fourth-order valence-corrected chi connectivity index (χ4v) is 4.56. The third kappa shape index (κ3) is 1.79. The lowest BCUT2D eigenvalue weighted by Crippen LogP contribution is -2.59. The average Bonchev–Trinajstić information content (AvgIpc) is 3.24. The zero-order valence-electron chi connectivity index (χ0n) is 14.5. The molecule has 0 radical (unpaired) electrons. The predicted molar refractivity (Wildman–Crippen MR) is 95.5 cm³/mol. The SMILES string of the molecule is C[C@@H]1C[C@H]1c1ccc2c(c1)O[C@]1(O)c3cccc(N)c3C(=O)[C@]21NC(=O)O. The number of nitrogens with two attached hydrogens (primary N) is 1. The molecule has 27 heavy (non-hydrogen) atoms. The van der Waals surface area contributed by atoms with Crippen LogP contribution in [0.5, 0.6) is 5.75 Å². The molecule has 138 valence electrons. The normalized spacial score (nSPS) is 32.3. The van der Waals surface area contributed by atoms with Crippen molar-refractivity contribution in [1.82, 2.24) is 5.32 Å². The Morgan fingerprint density at radius 1 is 1.30 bits per heavy atom. The maximum Gasteiger partial charge on any atom is 0.405 e. The van der Waals surface area contributed by atoms with Gasteiger partial charge in [0.05, 0.1) is 5.56 Å². The molecule has 2 aliphatic carbocycles. The fraction of sp³-hybridized carbons (Fsp3) is 0.300. The summed E-state index contributed by atoms with van der Waals surface area (Å²) in [6.45, 7) is 2.15. The van der Waals surface area contributed by atoms with E-state index in [1.165, 1.54) is 12.1 Å². The topological polar surface area (TPSA) is 122 Å². The molecule has 1 heterocycles. The molecule has 0 bridgehead atoms. The van der Waals surface area contributed by atoms with Crippen molar-refractivity contribution in [2.45, 2.75) is 30.6 Å². The second-order valence-electron chi connectivity index (χ2n) is 7.60. The molecule has 2 aromatic carbocycles. The number of fused-ring (bicyclic) bond motifs is 5. The lowest BCUT2D eigenvalue weighted by atomic mass is 9.82. The molecular formula is C20H18N2O5. The Morgan fingerprint density at radius 3 is 2.70 bits per heavy atom. The van der Waals surface area contributed by atoms with Gasteiger partial charge in [0.15, 0.2) is 0 Å². The Morgan fingerprint density at radius 2 is 2.04 bits per heavy atom. The highest BCUT2D eigenvalue weighted by Crippen LogP contribution is 2.60. The van der Waals surface area contributed by atoms with E-state index in [2.05, 4.69) is 12.2 Å². The van der Waals surface area contributed by atoms with Gasteiger partial charge in [-0.15, -0.1) is 0 Å². The van der Waals surface area contributed by atoms with Crippen LogP contribution < -0.4 is 15.8 Å². The highest BCUT2D eigenvalue weighted by Gasteiger charge is 2.72. The van der Waals surface area contributed by atoms with E-state index in [0.29, 0.717) is 23.1 Å². The van der Waals surface area contributed by atoms with Gasteiger partial charge in [-0.05, 0) is 36.0 Å². The highest BCUT2D eigenvalue weighted by atomic mass is 16.6. The summed E-state index contributed by atoms with van der Waals surface area (Å²) >= 11 is 0. The van der Waals surface area contributed by atoms with Crippen LogP contribution in [0.1, 0.15) is 46.3 Å². The lowest BCUT2D eigenvalue weighted by molar-refractivity contribution is -0.169. The van der Waals surface area contributed by atoms with Gasteiger partial charge >= 0.3 is 6.09 Å². The number of anilines is 1. The predicted octanol–water partition coefficient (Wildman–Crippen LogP) is 2.29. The molecule has 7 nitrogen and oxygen atoms in total. The Bertz CT molecular complexity index is 1040. The first-order valence-electron chi connectivity index (χ1n) is 8.80. The Hall–Kier alpha value is -3.06. The Labute approximate surface area is 154 Å². The zero-order chi connectivity index (χ0) is 19.1. The van der Waals surface area contributed by atoms with Crippen molar-refractivity contribution in [1.29, 1.82) is 0 Å². The maximum atomic E-state index is 13.4. The molecule has 1 fully saturated rings. The molecule has 7 heteroatoms. The van der Waals surface area contributed by atoms with Crippen LogP contribution in [0.25, 0.3) is 0 Å². The van der Waals surface area contributed by atoms with Gasteiger partial charge in [0.1, 0.15) is 5.75 Å². The Kier molecular flexibility index (Phi) is 2.87. The van der Waals surface area contributed by atoms with Crippen LogP contribution in [0.2, 0.25) is 0 Å². The molecule has 1 amide bonds.